The van der Waals surface area contributed by atoms with Crippen molar-refractivity contribution in [3.05, 3.63) is 22.5 Å². The predicted octanol–water partition coefficient (Wildman–Crippen LogP) is 2.01. The van der Waals surface area contributed by atoms with Gasteiger partial charge in [0.25, 0.3) is 0 Å². The number of aryl methyl sites for hydroxylation is 2. The zero-order valence-corrected chi connectivity index (χ0v) is 13.3. The maximum Gasteiger partial charge on any atom is 0.326 e. The lowest BCUT2D eigenvalue weighted by molar-refractivity contribution is -0.141. The maximum atomic E-state index is 11.8. The van der Waals surface area contributed by atoms with Gasteiger partial charge in [0.15, 0.2) is 0 Å². The zero-order valence-electron chi connectivity index (χ0n) is 12.6. The first-order valence-electron chi connectivity index (χ1n) is 6.62. The molecule has 1 atom stereocenters. The number of nitrogens with zero attached hydrogens (tertiary/aromatic N) is 2. The molecule has 0 aromatic carbocycles. The number of amides is 1. The molecule has 1 rings (SSSR count). The number of carboxylic acids is 1. The first-order chi connectivity index (χ1) is 9.72. The highest BCUT2D eigenvalue weighted by Gasteiger charge is 2.20. The summed E-state index contributed by atoms with van der Waals surface area (Å²) >= 11 is 6.05. The second kappa shape index (κ2) is 7.26. The molecular formula is C14H20ClN3O3. The molecule has 1 unspecified atom stereocenters. The normalized spacial score (nSPS) is 12.9. The van der Waals surface area contributed by atoms with Gasteiger partial charge in [0.2, 0.25) is 5.91 Å². The van der Waals surface area contributed by atoms with Crippen LogP contribution in [0.2, 0.25) is 5.15 Å². The van der Waals surface area contributed by atoms with Gasteiger partial charge in [-0.3, -0.25) is 9.48 Å². The van der Waals surface area contributed by atoms with Crippen LogP contribution >= 0.6 is 11.6 Å². The number of hydrogen-bond donors (Lipinski definition) is 2. The van der Waals surface area contributed by atoms with E-state index in [1.54, 1.807) is 14.0 Å². The van der Waals surface area contributed by atoms with Gasteiger partial charge in [-0.05, 0) is 25.3 Å². The number of halogens is 1. The van der Waals surface area contributed by atoms with E-state index in [0.29, 0.717) is 22.8 Å². The molecule has 1 aromatic heterocycles. The van der Waals surface area contributed by atoms with Crippen LogP contribution in [-0.2, 0) is 16.6 Å². The molecule has 21 heavy (non-hydrogen) atoms. The third-order valence-corrected chi connectivity index (χ3v) is 3.37. The standard InChI is InChI=1S/C14H20ClN3O3/c1-8(2)7-11(14(20)21)16-12(19)6-5-10-9(3)17-18(4)13(10)15/h5-6,8,11H,7H2,1-4H3,(H,16,19)(H,20,21)/b6-5+. The Labute approximate surface area is 128 Å². The minimum absolute atomic E-state index is 0.172. The number of hydrogen-bond acceptors (Lipinski definition) is 3. The molecular weight excluding hydrogens is 294 g/mol. The van der Waals surface area contributed by atoms with Crippen molar-refractivity contribution in [2.75, 3.05) is 0 Å². The summed E-state index contributed by atoms with van der Waals surface area (Å²) in [5.74, 6) is -1.34. The maximum absolute atomic E-state index is 11.8. The van der Waals surface area contributed by atoms with E-state index in [1.807, 2.05) is 13.8 Å². The lowest BCUT2D eigenvalue weighted by Gasteiger charge is -2.15. The second-order valence-corrected chi connectivity index (χ2v) is 5.63. The number of carbonyl (C=O) groups is 2. The molecule has 0 radical (unpaired) electrons. The van der Waals surface area contributed by atoms with Crippen molar-refractivity contribution >= 4 is 29.6 Å². The van der Waals surface area contributed by atoms with Crippen LogP contribution in [0, 0.1) is 12.8 Å². The number of aliphatic carboxylic acids is 1. The number of carboxylic acid groups (broad SMARTS) is 1. The van der Waals surface area contributed by atoms with E-state index in [2.05, 4.69) is 10.4 Å². The average molecular weight is 314 g/mol. The van der Waals surface area contributed by atoms with Gasteiger partial charge in [-0.15, -0.1) is 0 Å². The van der Waals surface area contributed by atoms with E-state index in [1.165, 1.54) is 16.8 Å². The Morgan fingerprint density at radius 3 is 2.52 bits per heavy atom. The van der Waals surface area contributed by atoms with Gasteiger partial charge < -0.3 is 10.4 Å². The molecule has 0 fully saturated rings. The van der Waals surface area contributed by atoms with E-state index in [-0.39, 0.29) is 5.92 Å². The summed E-state index contributed by atoms with van der Waals surface area (Å²) in [6.07, 6.45) is 3.18. The van der Waals surface area contributed by atoms with Crippen molar-refractivity contribution in [1.82, 2.24) is 15.1 Å². The summed E-state index contributed by atoms with van der Waals surface area (Å²) in [7, 11) is 1.70. The molecule has 1 heterocycles. The monoisotopic (exact) mass is 313 g/mol. The van der Waals surface area contributed by atoms with Crippen LogP contribution in [-0.4, -0.2) is 32.8 Å². The third kappa shape index (κ3) is 4.90. The summed E-state index contributed by atoms with van der Waals surface area (Å²) in [6.45, 7) is 5.58. The van der Waals surface area contributed by atoms with Gasteiger partial charge in [-0.2, -0.15) is 5.10 Å². The first kappa shape index (κ1) is 17.2. The van der Waals surface area contributed by atoms with Gasteiger partial charge >= 0.3 is 5.97 Å². The van der Waals surface area contributed by atoms with Gasteiger partial charge in [0.05, 0.1) is 5.69 Å². The summed E-state index contributed by atoms with van der Waals surface area (Å²) in [4.78, 5) is 22.9. The SMILES string of the molecule is Cc1nn(C)c(Cl)c1/C=C/C(=O)NC(CC(C)C)C(=O)O. The molecule has 0 aliphatic rings. The zero-order chi connectivity index (χ0) is 16.2. The second-order valence-electron chi connectivity index (χ2n) is 5.28. The van der Waals surface area contributed by atoms with Crippen molar-refractivity contribution in [3.63, 3.8) is 0 Å². The quantitative estimate of drug-likeness (QED) is 0.787. The Balaban J connectivity index is 2.76. The van der Waals surface area contributed by atoms with E-state index in [0.717, 1.165) is 0 Å². The first-order valence-corrected chi connectivity index (χ1v) is 7.00. The number of aromatic nitrogens is 2. The summed E-state index contributed by atoms with van der Waals surface area (Å²) in [5.41, 5.74) is 1.34. The van der Waals surface area contributed by atoms with Crippen LogP contribution < -0.4 is 5.32 Å². The van der Waals surface area contributed by atoms with E-state index in [4.69, 9.17) is 16.7 Å². The molecule has 7 heteroatoms. The molecule has 0 bridgehead atoms. The minimum Gasteiger partial charge on any atom is -0.480 e. The van der Waals surface area contributed by atoms with Crippen molar-refractivity contribution < 1.29 is 14.7 Å². The summed E-state index contributed by atoms with van der Waals surface area (Å²) in [5, 5.41) is 16.1. The molecule has 6 nitrogen and oxygen atoms in total. The molecule has 0 spiro atoms. The fourth-order valence-corrected chi connectivity index (χ4v) is 2.15. The molecule has 0 aliphatic heterocycles. The molecule has 0 saturated heterocycles. The van der Waals surface area contributed by atoms with Crippen LogP contribution in [0.25, 0.3) is 6.08 Å². The van der Waals surface area contributed by atoms with E-state index in [9.17, 15) is 9.59 Å². The van der Waals surface area contributed by atoms with Crippen molar-refractivity contribution in [1.29, 1.82) is 0 Å². The fourth-order valence-electron chi connectivity index (χ4n) is 1.91. The topological polar surface area (TPSA) is 84.2 Å². The molecule has 1 amide bonds. The molecule has 0 saturated carbocycles. The van der Waals surface area contributed by atoms with Gasteiger partial charge in [-0.1, -0.05) is 25.4 Å². The number of carbonyl (C=O) groups excluding carboxylic acids is 1. The highest BCUT2D eigenvalue weighted by molar-refractivity contribution is 6.31. The Bertz CT molecular complexity index is 564. The fraction of sp³-hybridized carbons (Fsp3) is 0.500. The van der Waals surface area contributed by atoms with Crippen LogP contribution in [0.3, 0.4) is 0 Å². The van der Waals surface area contributed by atoms with Gasteiger partial charge in [-0.25, -0.2) is 4.79 Å². The van der Waals surface area contributed by atoms with Crippen molar-refractivity contribution in [3.8, 4) is 0 Å². The average Bonchev–Trinajstić information content (AvgIpc) is 2.60. The molecule has 2 N–H and O–H groups in total. The minimum atomic E-state index is -1.04. The van der Waals surface area contributed by atoms with Crippen LogP contribution in [0.1, 0.15) is 31.5 Å². The van der Waals surface area contributed by atoms with Gasteiger partial charge in [0, 0.05) is 18.7 Å². The van der Waals surface area contributed by atoms with Crippen molar-refractivity contribution in [2.24, 2.45) is 13.0 Å². The largest absolute Gasteiger partial charge is 0.480 e. The Morgan fingerprint density at radius 1 is 1.48 bits per heavy atom. The molecule has 1 aromatic rings. The van der Waals surface area contributed by atoms with Gasteiger partial charge in [0.1, 0.15) is 11.2 Å². The van der Waals surface area contributed by atoms with Crippen LogP contribution in [0.5, 0.6) is 0 Å². The lowest BCUT2D eigenvalue weighted by atomic mass is 10.0. The molecule has 0 aliphatic carbocycles. The van der Waals surface area contributed by atoms with Crippen LogP contribution in [0.15, 0.2) is 6.08 Å². The van der Waals surface area contributed by atoms with E-state index >= 15 is 0 Å². The highest BCUT2D eigenvalue weighted by Crippen LogP contribution is 2.19. The van der Waals surface area contributed by atoms with Crippen LogP contribution in [0.4, 0.5) is 0 Å². The molecule has 116 valence electrons. The Hall–Kier alpha value is -1.82. The third-order valence-electron chi connectivity index (χ3n) is 2.92. The number of rotatable bonds is 6. The Morgan fingerprint density at radius 2 is 2.10 bits per heavy atom. The Kier molecular flexibility index (Phi) is 5.96. The van der Waals surface area contributed by atoms with Crippen molar-refractivity contribution in [2.45, 2.75) is 33.2 Å². The predicted molar refractivity (Wildman–Crippen MR) is 81.0 cm³/mol. The lowest BCUT2D eigenvalue weighted by Crippen LogP contribution is -2.40. The smallest absolute Gasteiger partial charge is 0.326 e. The summed E-state index contributed by atoms with van der Waals surface area (Å²) < 4.78 is 1.51. The van der Waals surface area contributed by atoms with E-state index < -0.39 is 17.9 Å². The number of nitrogens with one attached hydrogen (secondary N) is 1. The summed E-state index contributed by atoms with van der Waals surface area (Å²) in [6, 6.07) is -0.896. The highest BCUT2D eigenvalue weighted by atomic mass is 35.5.